The molecule has 0 saturated heterocycles. The zero-order valence-corrected chi connectivity index (χ0v) is 9.11. The van der Waals surface area contributed by atoms with E-state index in [4.69, 9.17) is 5.73 Å². The molecule has 2 N–H and O–H groups in total. The lowest BCUT2D eigenvalue weighted by molar-refractivity contribution is 0.282. The van der Waals surface area contributed by atoms with E-state index in [9.17, 15) is 0 Å². The van der Waals surface area contributed by atoms with E-state index in [1.165, 1.54) is 0 Å². The molecule has 1 rings (SSSR count). The largest absolute Gasteiger partial charge is 0.334 e. The molecule has 80 valence electrons. The number of nitrogens with zero attached hydrogens (tertiary/aromatic N) is 3. The summed E-state index contributed by atoms with van der Waals surface area (Å²) in [4.78, 5) is 6.53. The third-order valence-electron chi connectivity index (χ3n) is 2.47. The maximum atomic E-state index is 5.52. The minimum atomic E-state index is 0.733. The van der Waals surface area contributed by atoms with Crippen LogP contribution in [-0.2, 0) is 6.54 Å². The summed E-state index contributed by atoms with van der Waals surface area (Å²) in [6, 6.07) is 0. The third kappa shape index (κ3) is 3.12. The first-order valence-electron chi connectivity index (χ1n) is 5.18. The molecule has 4 heteroatoms. The molecule has 14 heavy (non-hydrogen) atoms. The summed E-state index contributed by atoms with van der Waals surface area (Å²) in [5, 5.41) is 0. The maximum absolute atomic E-state index is 5.52. The second kappa shape index (κ2) is 5.78. The normalized spacial score (nSPS) is 11.1. The van der Waals surface area contributed by atoms with Crippen molar-refractivity contribution in [2.75, 3.05) is 26.2 Å². The molecule has 1 aromatic rings. The first-order chi connectivity index (χ1) is 6.77. The van der Waals surface area contributed by atoms with Crippen LogP contribution in [0.1, 0.15) is 12.7 Å². The number of aromatic nitrogens is 2. The predicted octanol–water partition coefficient (Wildman–Crippen LogP) is 0.472. The summed E-state index contributed by atoms with van der Waals surface area (Å²) >= 11 is 0. The van der Waals surface area contributed by atoms with Crippen LogP contribution in [0.2, 0.25) is 0 Å². The Morgan fingerprint density at radius 1 is 1.50 bits per heavy atom. The van der Waals surface area contributed by atoms with Gasteiger partial charge in [0.25, 0.3) is 0 Å². The molecule has 1 aromatic heterocycles. The standard InChI is InChI=1S/C10H20N4/c1-3-13(6-4-11)8-9-14-7-5-12-10(14)2/h5,7H,3-4,6,8-9,11H2,1-2H3. The molecule has 0 bridgehead atoms. The molecule has 0 aliphatic carbocycles. The molecule has 0 aromatic carbocycles. The Bertz CT molecular complexity index is 256. The average Bonchev–Trinajstić information content (AvgIpc) is 2.59. The summed E-state index contributed by atoms with van der Waals surface area (Å²) in [6.45, 7) is 9.01. The van der Waals surface area contributed by atoms with Gasteiger partial charge in [0.15, 0.2) is 0 Å². The van der Waals surface area contributed by atoms with Crippen molar-refractivity contribution in [1.29, 1.82) is 0 Å². The summed E-state index contributed by atoms with van der Waals surface area (Å²) in [5.41, 5.74) is 5.52. The van der Waals surface area contributed by atoms with E-state index in [1.807, 2.05) is 19.3 Å². The van der Waals surface area contributed by atoms with Gasteiger partial charge in [-0.2, -0.15) is 0 Å². The molecule has 1 heterocycles. The summed E-state index contributed by atoms with van der Waals surface area (Å²) in [5.74, 6) is 1.08. The van der Waals surface area contributed by atoms with Gasteiger partial charge in [0.05, 0.1) is 0 Å². The number of hydrogen-bond donors (Lipinski definition) is 1. The van der Waals surface area contributed by atoms with E-state index in [1.54, 1.807) is 0 Å². The highest BCUT2D eigenvalue weighted by atomic mass is 15.2. The number of imidazole rings is 1. The first kappa shape index (κ1) is 11.2. The second-order valence-corrected chi connectivity index (χ2v) is 3.39. The molecular formula is C10H20N4. The maximum Gasteiger partial charge on any atom is 0.105 e. The Balaban J connectivity index is 2.35. The van der Waals surface area contributed by atoms with Crippen molar-refractivity contribution in [1.82, 2.24) is 14.5 Å². The fraction of sp³-hybridized carbons (Fsp3) is 0.700. The van der Waals surface area contributed by atoms with E-state index < -0.39 is 0 Å². The first-order valence-corrected chi connectivity index (χ1v) is 5.18. The van der Waals surface area contributed by atoms with E-state index in [0.29, 0.717) is 0 Å². The molecule has 0 amide bonds. The highest BCUT2D eigenvalue weighted by Crippen LogP contribution is 1.96. The number of aryl methyl sites for hydroxylation is 1. The fourth-order valence-electron chi connectivity index (χ4n) is 1.50. The van der Waals surface area contributed by atoms with Crippen LogP contribution in [0.25, 0.3) is 0 Å². The number of rotatable bonds is 6. The van der Waals surface area contributed by atoms with Crippen molar-refractivity contribution in [2.45, 2.75) is 20.4 Å². The molecule has 0 fully saturated rings. The monoisotopic (exact) mass is 196 g/mol. The molecule has 0 atom stereocenters. The molecular weight excluding hydrogens is 176 g/mol. The van der Waals surface area contributed by atoms with Gasteiger partial charge < -0.3 is 15.2 Å². The molecule has 4 nitrogen and oxygen atoms in total. The zero-order chi connectivity index (χ0) is 10.4. The topological polar surface area (TPSA) is 47.1 Å². The van der Waals surface area contributed by atoms with Gasteiger partial charge in [-0.3, -0.25) is 0 Å². The van der Waals surface area contributed by atoms with E-state index >= 15 is 0 Å². The highest BCUT2D eigenvalue weighted by molar-refractivity contribution is 4.88. The third-order valence-corrected chi connectivity index (χ3v) is 2.47. The Morgan fingerprint density at radius 3 is 2.79 bits per heavy atom. The number of hydrogen-bond acceptors (Lipinski definition) is 3. The number of nitrogens with two attached hydrogens (primary N) is 1. The number of likely N-dealkylation sites (N-methyl/N-ethyl adjacent to an activating group) is 1. The van der Waals surface area contributed by atoms with Crippen LogP contribution in [0.4, 0.5) is 0 Å². The van der Waals surface area contributed by atoms with Gasteiger partial charge in [0.1, 0.15) is 5.82 Å². The van der Waals surface area contributed by atoms with Gasteiger partial charge in [-0.15, -0.1) is 0 Å². The highest BCUT2D eigenvalue weighted by Gasteiger charge is 2.02. The molecule has 0 unspecified atom stereocenters. The SMILES string of the molecule is CCN(CCN)CCn1ccnc1C. The van der Waals surface area contributed by atoms with E-state index in [-0.39, 0.29) is 0 Å². The summed E-state index contributed by atoms with van der Waals surface area (Å²) < 4.78 is 2.17. The van der Waals surface area contributed by atoms with Crippen molar-refractivity contribution in [3.05, 3.63) is 18.2 Å². The minimum absolute atomic E-state index is 0.733. The van der Waals surface area contributed by atoms with Crippen LogP contribution in [0.5, 0.6) is 0 Å². The van der Waals surface area contributed by atoms with Gasteiger partial charge in [-0.1, -0.05) is 6.92 Å². The van der Waals surface area contributed by atoms with Gasteiger partial charge in [-0.05, 0) is 13.5 Å². The van der Waals surface area contributed by atoms with Crippen LogP contribution < -0.4 is 5.73 Å². The molecule has 0 radical (unpaired) electrons. The minimum Gasteiger partial charge on any atom is -0.334 e. The Hall–Kier alpha value is -0.870. The van der Waals surface area contributed by atoms with Crippen LogP contribution in [0.3, 0.4) is 0 Å². The predicted molar refractivity (Wildman–Crippen MR) is 58.1 cm³/mol. The second-order valence-electron chi connectivity index (χ2n) is 3.39. The Labute approximate surface area is 85.7 Å². The van der Waals surface area contributed by atoms with Crippen LogP contribution in [0, 0.1) is 6.92 Å². The Morgan fingerprint density at radius 2 is 2.29 bits per heavy atom. The van der Waals surface area contributed by atoms with Crippen LogP contribution in [-0.4, -0.2) is 40.6 Å². The quantitative estimate of drug-likeness (QED) is 0.719. The van der Waals surface area contributed by atoms with Gasteiger partial charge >= 0.3 is 0 Å². The van der Waals surface area contributed by atoms with Crippen molar-refractivity contribution in [3.8, 4) is 0 Å². The smallest absolute Gasteiger partial charge is 0.105 e. The molecule has 0 aliphatic heterocycles. The average molecular weight is 196 g/mol. The van der Waals surface area contributed by atoms with Crippen molar-refractivity contribution < 1.29 is 0 Å². The summed E-state index contributed by atoms with van der Waals surface area (Å²) in [6.07, 6.45) is 3.86. The van der Waals surface area contributed by atoms with Crippen molar-refractivity contribution in [2.24, 2.45) is 5.73 Å². The lowest BCUT2D eigenvalue weighted by Gasteiger charge is -2.19. The lowest BCUT2D eigenvalue weighted by atomic mass is 10.4. The van der Waals surface area contributed by atoms with Gasteiger partial charge in [0.2, 0.25) is 0 Å². The lowest BCUT2D eigenvalue weighted by Crippen LogP contribution is -2.32. The van der Waals surface area contributed by atoms with Gasteiger partial charge in [0, 0.05) is 38.6 Å². The summed E-state index contributed by atoms with van der Waals surface area (Å²) in [7, 11) is 0. The zero-order valence-electron chi connectivity index (χ0n) is 9.11. The van der Waals surface area contributed by atoms with Crippen LogP contribution >= 0.6 is 0 Å². The molecule has 0 aliphatic rings. The van der Waals surface area contributed by atoms with Crippen LogP contribution in [0.15, 0.2) is 12.4 Å². The molecule has 0 saturated carbocycles. The fourth-order valence-corrected chi connectivity index (χ4v) is 1.50. The van der Waals surface area contributed by atoms with E-state index in [2.05, 4.69) is 21.4 Å². The van der Waals surface area contributed by atoms with Crippen molar-refractivity contribution in [3.63, 3.8) is 0 Å². The Kier molecular flexibility index (Phi) is 4.62. The van der Waals surface area contributed by atoms with E-state index in [0.717, 1.165) is 38.5 Å². The van der Waals surface area contributed by atoms with Crippen molar-refractivity contribution >= 4 is 0 Å². The molecule has 0 spiro atoms. The van der Waals surface area contributed by atoms with Gasteiger partial charge in [-0.25, -0.2) is 4.98 Å².